The van der Waals surface area contributed by atoms with Gasteiger partial charge in [-0.15, -0.1) is 0 Å². The Labute approximate surface area is 169 Å². The SMILES string of the molecule is COc1ccccc1[C@H]1CC(=O)C2=C(C1)Nc1ccccc1N[C@@H]2c1ccco1. The van der Waals surface area contributed by atoms with Crippen LogP contribution in [0.4, 0.5) is 11.4 Å². The summed E-state index contributed by atoms with van der Waals surface area (Å²) in [5.41, 5.74) is 4.67. The van der Waals surface area contributed by atoms with Crippen LogP contribution in [0, 0.1) is 0 Å². The summed E-state index contributed by atoms with van der Waals surface area (Å²) in [6.07, 6.45) is 2.82. The third-order valence-electron chi connectivity index (χ3n) is 5.72. The van der Waals surface area contributed by atoms with Crippen LogP contribution < -0.4 is 15.4 Å². The first-order chi connectivity index (χ1) is 14.2. The minimum atomic E-state index is -0.317. The predicted molar refractivity (Wildman–Crippen MR) is 112 cm³/mol. The van der Waals surface area contributed by atoms with Crippen molar-refractivity contribution in [2.75, 3.05) is 17.7 Å². The van der Waals surface area contributed by atoms with Crippen LogP contribution in [-0.2, 0) is 4.79 Å². The lowest BCUT2D eigenvalue weighted by Crippen LogP contribution is -2.26. The van der Waals surface area contributed by atoms with Gasteiger partial charge in [0.25, 0.3) is 0 Å². The number of fused-ring (bicyclic) bond motifs is 1. The Hall–Kier alpha value is -3.47. The molecular weight excluding hydrogens is 364 g/mol. The molecule has 5 rings (SSSR count). The summed E-state index contributed by atoms with van der Waals surface area (Å²) >= 11 is 0. The number of allylic oxidation sites excluding steroid dienone is 1. The van der Waals surface area contributed by atoms with E-state index in [2.05, 4.69) is 16.7 Å². The van der Waals surface area contributed by atoms with Crippen LogP contribution in [0.3, 0.4) is 0 Å². The topological polar surface area (TPSA) is 63.5 Å². The maximum atomic E-state index is 13.4. The third kappa shape index (κ3) is 3.09. The van der Waals surface area contributed by atoms with Crippen LogP contribution in [0.25, 0.3) is 0 Å². The molecule has 0 saturated carbocycles. The highest BCUT2D eigenvalue weighted by molar-refractivity contribution is 6.01. The van der Waals surface area contributed by atoms with Gasteiger partial charge in [-0.25, -0.2) is 0 Å². The summed E-state index contributed by atoms with van der Waals surface area (Å²) in [6, 6.07) is 19.4. The fourth-order valence-electron chi connectivity index (χ4n) is 4.38. The standard InChI is InChI=1S/C24H22N2O3/c1-28-21-10-5-2-7-16(21)15-13-19-23(20(27)14-15)24(22-11-6-12-29-22)26-18-9-4-3-8-17(18)25-19/h2-12,15,24-26H,13-14H2,1H3/t15-,24-/m1/s1. The van der Waals surface area contributed by atoms with E-state index in [9.17, 15) is 4.79 Å². The molecule has 2 atom stereocenters. The molecule has 1 aromatic heterocycles. The van der Waals surface area contributed by atoms with Gasteiger partial charge in [0.15, 0.2) is 5.78 Å². The zero-order valence-corrected chi connectivity index (χ0v) is 16.1. The van der Waals surface area contributed by atoms with E-state index in [-0.39, 0.29) is 17.7 Å². The molecule has 5 nitrogen and oxygen atoms in total. The van der Waals surface area contributed by atoms with E-state index in [1.165, 1.54) is 0 Å². The molecule has 1 aliphatic carbocycles. The highest BCUT2D eigenvalue weighted by Gasteiger charge is 2.37. The van der Waals surface area contributed by atoms with Crippen molar-refractivity contribution in [3.63, 3.8) is 0 Å². The maximum absolute atomic E-state index is 13.4. The number of para-hydroxylation sites is 3. The molecule has 3 aromatic rings. The lowest BCUT2D eigenvalue weighted by molar-refractivity contribution is -0.116. The van der Waals surface area contributed by atoms with E-state index in [1.807, 2.05) is 54.6 Å². The molecule has 0 radical (unpaired) electrons. The molecule has 0 spiro atoms. The summed E-state index contributed by atoms with van der Waals surface area (Å²) < 4.78 is 11.2. The fraction of sp³-hybridized carbons (Fsp3) is 0.208. The second kappa shape index (κ2) is 7.17. The molecule has 0 amide bonds. The number of benzene rings is 2. The molecule has 2 aliphatic rings. The predicted octanol–water partition coefficient (Wildman–Crippen LogP) is 5.27. The molecule has 2 aromatic carbocycles. The Bertz CT molecular complexity index is 1090. The molecule has 0 unspecified atom stereocenters. The van der Waals surface area contributed by atoms with Crippen LogP contribution in [0.2, 0.25) is 0 Å². The first-order valence-corrected chi connectivity index (χ1v) is 9.79. The Balaban J connectivity index is 1.61. The molecule has 5 heteroatoms. The number of anilines is 2. The van der Waals surface area contributed by atoms with E-state index < -0.39 is 0 Å². The van der Waals surface area contributed by atoms with Gasteiger partial charge >= 0.3 is 0 Å². The van der Waals surface area contributed by atoms with Crippen molar-refractivity contribution >= 4 is 17.2 Å². The number of hydrogen-bond donors (Lipinski definition) is 2. The smallest absolute Gasteiger partial charge is 0.163 e. The highest BCUT2D eigenvalue weighted by Crippen LogP contribution is 2.45. The van der Waals surface area contributed by atoms with Crippen LogP contribution in [0.5, 0.6) is 5.75 Å². The molecule has 0 saturated heterocycles. The van der Waals surface area contributed by atoms with Gasteiger partial charge in [-0.05, 0) is 42.3 Å². The average Bonchev–Trinajstić information content (AvgIpc) is 3.22. The van der Waals surface area contributed by atoms with Gasteiger partial charge in [0.2, 0.25) is 0 Å². The number of methoxy groups -OCH3 is 1. The van der Waals surface area contributed by atoms with Crippen LogP contribution >= 0.6 is 0 Å². The maximum Gasteiger partial charge on any atom is 0.163 e. The first kappa shape index (κ1) is 17.6. The largest absolute Gasteiger partial charge is 0.496 e. The quantitative estimate of drug-likeness (QED) is 0.642. The van der Waals surface area contributed by atoms with Crippen molar-refractivity contribution in [3.05, 3.63) is 89.5 Å². The van der Waals surface area contributed by atoms with Gasteiger partial charge in [-0.1, -0.05) is 30.3 Å². The summed E-state index contributed by atoms with van der Waals surface area (Å²) in [6.45, 7) is 0. The Morgan fingerprint density at radius 3 is 2.55 bits per heavy atom. The number of ether oxygens (including phenoxy) is 1. The van der Waals surface area contributed by atoms with Gasteiger partial charge in [0, 0.05) is 23.6 Å². The minimum Gasteiger partial charge on any atom is -0.496 e. The van der Waals surface area contributed by atoms with E-state index in [0.717, 1.165) is 46.1 Å². The number of nitrogens with one attached hydrogen (secondary N) is 2. The lowest BCUT2D eigenvalue weighted by Gasteiger charge is -2.29. The first-order valence-electron chi connectivity index (χ1n) is 9.79. The van der Waals surface area contributed by atoms with Crippen molar-refractivity contribution in [2.24, 2.45) is 0 Å². The molecular formula is C24H22N2O3. The molecule has 29 heavy (non-hydrogen) atoms. The molecule has 2 heterocycles. The fourth-order valence-corrected chi connectivity index (χ4v) is 4.38. The second-order valence-corrected chi connectivity index (χ2v) is 7.43. The van der Waals surface area contributed by atoms with E-state index in [4.69, 9.17) is 9.15 Å². The zero-order chi connectivity index (χ0) is 19.8. The van der Waals surface area contributed by atoms with Crippen molar-refractivity contribution in [3.8, 4) is 5.75 Å². The van der Waals surface area contributed by atoms with Crippen molar-refractivity contribution in [1.29, 1.82) is 0 Å². The van der Waals surface area contributed by atoms with Crippen molar-refractivity contribution < 1.29 is 13.9 Å². The van der Waals surface area contributed by atoms with Gasteiger partial charge in [0.1, 0.15) is 17.6 Å². The normalized spacial score (nSPS) is 20.8. The summed E-state index contributed by atoms with van der Waals surface area (Å²) in [7, 11) is 1.67. The minimum absolute atomic E-state index is 0.0624. The Morgan fingerprint density at radius 1 is 0.966 bits per heavy atom. The average molecular weight is 386 g/mol. The molecule has 2 N–H and O–H groups in total. The summed E-state index contributed by atoms with van der Waals surface area (Å²) in [5.74, 6) is 1.74. The zero-order valence-electron chi connectivity index (χ0n) is 16.1. The van der Waals surface area contributed by atoms with Gasteiger partial charge in [-0.3, -0.25) is 4.79 Å². The van der Waals surface area contributed by atoms with Gasteiger partial charge in [-0.2, -0.15) is 0 Å². The number of hydrogen-bond acceptors (Lipinski definition) is 5. The van der Waals surface area contributed by atoms with E-state index >= 15 is 0 Å². The van der Waals surface area contributed by atoms with Gasteiger partial charge in [0.05, 0.1) is 24.7 Å². The molecule has 146 valence electrons. The molecule has 0 fully saturated rings. The van der Waals surface area contributed by atoms with Crippen molar-refractivity contribution in [2.45, 2.75) is 24.8 Å². The van der Waals surface area contributed by atoms with Crippen LogP contribution in [-0.4, -0.2) is 12.9 Å². The summed E-state index contributed by atoms with van der Waals surface area (Å²) in [5, 5.41) is 7.04. The number of furan rings is 1. The number of Topliss-reactive ketones (excluding diaryl/α,β-unsaturated/α-hetero) is 1. The van der Waals surface area contributed by atoms with Crippen molar-refractivity contribution in [1.82, 2.24) is 0 Å². The monoisotopic (exact) mass is 386 g/mol. The number of rotatable bonds is 3. The number of ketones is 1. The van der Waals surface area contributed by atoms with E-state index in [0.29, 0.717) is 6.42 Å². The second-order valence-electron chi connectivity index (χ2n) is 7.43. The molecule has 1 aliphatic heterocycles. The number of carbonyl (C=O) groups is 1. The van der Waals surface area contributed by atoms with Crippen LogP contribution in [0.1, 0.15) is 36.1 Å². The Morgan fingerprint density at radius 2 is 1.76 bits per heavy atom. The highest BCUT2D eigenvalue weighted by atomic mass is 16.5. The third-order valence-corrected chi connectivity index (χ3v) is 5.72. The summed E-state index contributed by atoms with van der Waals surface area (Å²) in [4.78, 5) is 13.4. The number of carbonyl (C=O) groups excluding carboxylic acids is 1. The van der Waals surface area contributed by atoms with E-state index in [1.54, 1.807) is 13.4 Å². The van der Waals surface area contributed by atoms with Gasteiger partial charge < -0.3 is 19.8 Å². The Kier molecular flexibility index (Phi) is 4.35. The lowest BCUT2D eigenvalue weighted by atomic mass is 9.79. The molecule has 0 bridgehead atoms. The van der Waals surface area contributed by atoms with Crippen LogP contribution in [0.15, 0.2) is 82.6 Å².